The summed E-state index contributed by atoms with van der Waals surface area (Å²) in [6.07, 6.45) is -6.75. The van der Waals surface area contributed by atoms with Crippen molar-refractivity contribution < 1.29 is 76.0 Å². The number of carbonyl (C=O) groups is 1. The van der Waals surface area contributed by atoms with Crippen molar-refractivity contribution in [2.24, 2.45) is 11.7 Å². The van der Waals surface area contributed by atoms with E-state index in [0.29, 0.717) is 0 Å². The number of primary amides is 1. The topological polar surface area (TPSA) is 355 Å². The number of carbonyl (C=O) groups excluding carboxylic acids is 1. The molecule has 1 aliphatic carbocycles. The number of nitrogens with two attached hydrogens (primary N) is 2. The normalized spacial score (nSPS) is 31.7. The maximum absolute atomic E-state index is 12.8. The van der Waals surface area contributed by atoms with Crippen LogP contribution in [0.3, 0.4) is 0 Å². The van der Waals surface area contributed by atoms with Crippen molar-refractivity contribution in [3.63, 3.8) is 0 Å². The Morgan fingerprint density at radius 2 is 1.85 bits per heavy atom. The fraction of sp³-hybridized carbons (Fsp3) is 0.500. The second-order valence-corrected chi connectivity index (χ2v) is 15.3. The third-order valence-corrected chi connectivity index (χ3v) is 11.3. The van der Waals surface area contributed by atoms with Crippen molar-refractivity contribution >= 4 is 46.1 Å². The van der Waals surface area contributed by atoms with Crippen molar-refractivity contribution in [3.8, 4) is 0 Å². The maximum Gasteiger partial charge on any atom is 0.272 e. The molecule has 1 amide bonds. The van der Waals surface area contributed by atoms with Crippen LogP contribution in [0.5, 0.6) is 0 Å². The molecule has 47 heavy (non-hydrogen) atoms. The third-order valence-electron chi connectivity index (χ3n) is 7.57. The predicted molar refractivity (Wildman–Crippen MR) is 146 cm³/mol. The number of imidazole rings is 1. The Balaban J connectivity index is 1.26. The number of nitrogens with zero attached hydrogens (tertiary/aromatic N) is 5. The standard InChI is InChI=1S/C22H30N7O15P3/c23-19-14-21(26-8-25-19)29(9-27-14)22-17(32)18(43-46(36,37)38)13(42-22)6-41-47(39,40)44-45(34,35)7-11-4-12(16(31)15(11)30)28-3-1-2-10(5-28)20(24)33/h1-3,5,8-9,11-13,15-18,22,30-32H,4,6-7H2,(H7-,23,24,25,26,33,34,35,36,37,38,39,40)/p-2. The number of aliphatic hydroxyl groups excluding tert-OH is 3. The lowest BCUT2D eigenvalue weighted by Crippen LogP contribution is -2.45. The summed E-state index contributed by atoms with van der Waals surface area (Å²) in [6, 6.07) is 1.93. The number of nitrogen functional groups attached to an aromatic ring is 1. The van der Waals surface area contributed by atoms with Crippen molar-refractivity contribution in [3.05, 3.63) is 42.7 Å². The molecule has 1 saturated heterocycles. The van der Waals surface area contributed by atoms with E-state index in [0.717, 1.165) is 17.2 Å². The lowest BCUT2D eigenvalue weighted by atomic mass is 10.1. The second kappa shape index (κ2) is 13.3. The monoisotopic (exact) mass is 723 g/mol. The molecule has 25 heteroatoms. The Kier molecular flexibility index (Phi) is 10.0. The van der Waals surface area contributed by atoms with E-state index in [1.165, 1.54) is 29.1 Å². The largest absolute Gasteiger partial charge is 0.778 e. The van der Waals surface area contributed by atoms with Gasteiger partial charge in [0.1, 0.15) is 49.4 Å². The fourth-order valence-corrected chi connectivity index (χ4v) is 9.02. The number of amides is 1. The molecule has 2 fully saturated rings. The molecule has 1 aliphatic heterocycles. The average Bonchev–Trinajstić information content (AvgIpc) is 3.61. The summed E-state index contributed by atoms with van der Waals surface area (Å²) >= 11 is 0. The first kappa shape index (κ1) is 35.5. The number of phosphoric acid groups is 2. The Labute approximate surface area is 263 Å². The zero-order chi connectivity index (χ0) is 34.5. The molecule has 0 aromatic carbocycles. The van der Waals surface area contributed by atoms with E-state index in [1.807, 2.05) is 0 Å². The van der Waals surface area contributed by atoms with Gasteiger partial charge in [-0.15, -0.1) is 0 Å². The molecule has 0 radical (unpaired) electrons. The number of phosphoric ester groups is 2. The highest BCUT2D eigenvalue weighted by atomic mass is 31.3. The molecule has 258 valence electrons. The van der Waals surface area contributed by atoms with E-state index in [1.54, 1.807) is 0 Å². The van der Waals surface area contributed by atoms with Crippen molar-refractivity contribution in [2.75, 3.05) is 18.5 Å². The predicted octanol–water partition coefficient (Wildman–Crippen LogP) is -4.06. The summed E-state index contributed by atoms with van der Waals surface area (Å²) in [5, 5.41) is 31.9. The first-order chi connectivity index (χ1) is 21.9. The molecule has 4 heterocycles. The van der Waals surface area contributed by atoms with E-state index in [4.69, 9.17) is 16.2 Å². The van der Waals surface area contributed by atoms with Crippen molar-refractivity contribution in [1.29, 1.82) is 0 Å². The van der Waals surface area contributed by atoms with Crippen LogP contribution in [0.4, 0.5) is 5.82 Å². The molecule has 0 bridgehead atoms. The Morgan fingerprint density at radius 3 is 2.53 bits per heavy atom. The molecule has 0 spiro atoms. The van der Waals surface area contributed by atoms with E-state index in [9.17, 15) is 53.4 Å². The highest BCUT2D eigenvalue weighted by Gasteiger charge is 2.49. The number of aliphatic hydroxyl groups is 3. The Hall–Kier alpha value is -2.78. The van der Waals surface area contributed by atoms with Gasteiger partial charge in [-0.2, -0.15) is 4.57 Å². The van der Waals surface area contributed by atoms with Crippen molar-refractivity contribution in [2.45, 2.75) is 49.2 Å². The number of fused-ring (bicyclic) bond motifs is 1. The minimum atomic E-state index is -5.78. The van der Waals surface area contributed by atoms with E-state index in [-0.39, 0.29) is 29.0 Å². The lowest BCUT2D eigenvalue weighted by molar-refractivity contribution is -0.728. The summed E-state index contributed by atoms with van der Waals surface area (Å²) in [5.74, 6) is -2.05. The second-order valence-electron chi connectivity index (χ2n) is 10.7. The van der Waals surface area contributed by atoms with Gasteiger partial charge < -0.3 is 64.7 Å². The Morgan fingerprint density at radius 1 is 1.13 bits per heavy atom. The molecule has 11 unspecified atom stereocenters. The van der Waals surface area contributed by atoms with Crippen LogP contribution in [-0.4, -0.2) is 88.9 Å². The Bertz CT molecular complexity index is 1790. The molecular weight excluding hydrogens is 695 g/mol. The molecule has 22 nitrogen and oxygen atoms in total. The molecular formula is C22H28N7O15P3-2. The minimum Gasteiger partial charge on any atom is -0.778 e. The molecule has 1 saturated carbocycles. The molecule has 3 aromatic rings. The van der Waals surface area contributed by atoms with Gasteiger partial charge in [0.25, 0.3) is 21.6 Å². The average molecular weight is 723 g/mol. The molecule has 11 atom stereocenters. The summed E-state index contributed by atoms with van der Waals surface area (Å²) in [4.78, 5) is 69.3. The number of rotatable bonds is 12. The zero-order valence-electron chi connectivity index (χ0n) is 23.7. The number of hydrogen-bond donors (Lipinski definition) is 6. The number of hydrogen-bond acceptors (Lipinski definition) is 18. The van der Waals surface area contributed by atoms with Crippen LogP contribution in [0.2, 0.25) is 0 Å². The van der Waals surface area contributed by atoms with Gasteiger partial charge in [-0.1, -0.05) is 0 Å². The van der Waals surface area contributed by atoms with Gasteiger partial charge in [0.15, 0.2) is 36.1 Å². The van der Waals surface area contributed by atoms with Crippen LogP contribution in [0.1, 0.15) is 29.0 Å². The zero-order valence-corrected chi connectivity index (χ0v) is 26.4. The lowest BCUT2D eigenvalue weighted by Gasteiger charge is -2.34. The van der Waals surface area contributed by atoms with Gasteiger partial charge in [0, 0.05) is 24.6 Å². The highest BCUT2D eigenvalue weighted by Crippen LogP contribution is 2.57. The van der Waals surface area contributed by atoms with Gasteiger partial charge in [0.05, 0.1) is 19.0 Å². The summed E-state index contributed by atoms with van der Waals surface area (Å²) in [7, 11) is -16.7. The minimum absolute atomic E-state index is 0.0155. The SMILES string of the molecule is NC(=O)c1ccc[n+](C2CC(CP(=O)([O-])OP(=O)([O-])OCC3OC(n4cnc5c(N)ncnc54)C(O)C3OP(=O)([O-])O)C(O)C2O)c1. The number of anilines is 1. The summed E-state index contributed by atoms with van der Waals surface area (Å²) in [6.45, 7) is -1.18. The quantitative estimate of drug-likeness (QED) is 0.0764. The maximum atomic E-state index is 12.8. The van der Waals surface area contributed by atoms with E-state index < -0.39 is 90.6 Å². The van der Waals surface area contributed by atoms with Crippen LogP contribution in [0.15, 0.2) is 37.2 Å². The van der Waals surface area contributed by atoms with Gasteiger partial charge in [-0.3, -0.25) is 22.8 Å². The van der Waals surface area contributed by atoms with Crippen LogP contribution in [0, 0.1) is 5.92 Å². The van der Waals surface area contributed by atoms with E-state index in [2.05, 4.69) is 28.3 Å². The van der Waals surface area contributed by atoms with Crippen LogP contribution in [-0.2, 0) is 31.8 Å². The number of aromatic nitrogens is 5. The summed E-state index contributed by atoms with van der Waals surface area (Å²) < 4.78 is 58.3. The first-order valence-electron chi connectivity index (χ1n) is 13.5. The van der Waals surface area contributed by atoms with Crippen LogP contribution < -0.4 is 30.7 Å². The van der Waals surface area contributed by atoms with Gasteiger partial charge >= 0.3 is 0 Å². The van der Waals surface area contributed by atoms with Crippen LogP contribution >= 0.6 is 23.2 Å². The van der Waals surface area contributed by atoms with Crippen LogP contribution in [0.25, 0.3) is 11.2 Å². The number of ether oxygens (including phenoxy) is 1. The molecule has 3 aromatic heterocycles. The summed E-state index contributed by atoms with van der Waals surface area (Å²) in [5.41, 5.74) is 11.2. The van der Waals surface area contributed by atoms with Gasteiger partial charge in [0.2, 0.25) is 0 Å². The van der Waals surface area contributed by atoms with Crippen molar-refractivity contribution in [1.82, 2.24) is 19.5 Å². The van der Waals surface area contributed by atoms with E-state index >= 15 is 0 Å². The number of pyridine rings is 1. The van der Waals surface area contributed by atoms with Gasteiger partial charge in [-0.25, -0.2) is 15.0 Å². The smallest absolute Gasteiger partial charge is 0.272 e. The highest BCUT2D eigenvalue weighted by molar-refractivity contribution is 7.62. The molecule has 2 aliphatic rings. The first-order valence-corrected chi connectivity index (χ1v) is 18.2. The third kappa shape index (κ3) is 7.93. The fourth-order valence-electron chi connectivity index (χ4n) is 5.51. The van der Waals surface area contributed by atoms with Gasteiger partial charge in [-0.05, 0) is 6.07 Å². The molecule has 5 rings (SSSR count). The molecule has 8 N–H and O–H groups in total.